The van der Waals surface area contributed by atoms with Crippen molar-refractivity contribution in [3.05, 3.63) is 349 Å². The van der Waals surface area contributed by atoms with Crippen LogP contribution in [0.15, 0.2) is 315 Å². The highest BCUT2D eigenvalue weighted by atomic mass is 28.3. The SMILES string of the molecule is c1ccc(-c2cc(-c3ccccc3)cc([Si](c3ccccc3)(c3ccccc3)c3cccc4c3C3c5ccccc5C4c4cccc(-c5ccccc5-c5cc(-c6ccccc6)nc(-n6c7ccccc7c7ccccc76)c5)c43)c2)cc1. The van der Waals surface area contributed by atoms with Crippen LogP contribution in [0, 0.1) is 0 Å². The van der Waals surface area contributed by atoms with Gasteiger partial charge in [0.1, 0.15) is 5.82 Å². The van der Waals surface area contributed by atoms with E-state index in [1.807, 2.05) is 0 Å². The van der Waals surface area contributed by atoms with Gasteiger partial charge in [-0.25, -0.2) is 4.98 Å². The summed E-state index contributed by atoms with van der Waals surface area (Å²) in [6.45, 7) is 0. The minimum Gasteiger partial charge on any atom is -0.294 e. The van der Waals surface area contributed by atoms with Gasteiger partial charge in [0.05, 0.1) is 16.7 Å². The summed E-state index contributed by atoms with van der Waals surface area (Å²) in [5.41, 5.74) is 22.3. The third-order valence-corrected chi connectivity index (χ3v) is 22.5. The van der Waals surface area contributed by atoms with E-state index >= 15 is 0 Å². The fourth-order valence-corrected chi connectivity index (χ4v) is 19.4. The van der Waals surface area contributed by atoms with Crippen molar-refractivity contribution in [2.75, 3.05) is 0 Å². The second-order valence-electron chi connectivity index (χ2n) is 22.0. The van der Waals surface area contributed by atoms with E-state index in [0.29, 0.717) is 0 Å². The number of para-hydroxylation sites is 2. The number of hydrogen-bond donors (Lipinski definition) is 0. The van der Waals surface area contributed by atoms with Crippen molar-refractivity contribution in [3.63, 3.8) is 0 Å². The topological polar surface area (TPSA) is 17.8 Å². The van der Waals surface area contributed by atoms with Crippen LogP contribution in [0.1, 0.15) is 45.2 Å². The predicted octanol–water partition coefficient (Wildman–Crippen LogP) is 16.9. The fourth-order valence-electron chi connectivity index (χ4n) is 14.3. The molecule has 2 aromatic heterocycles. The van der Waals surface area contributed by atoms with Crippen molar-refractivity contribution in [1.29, 1.82) is 0 Å². The number of pyridine rings is 1. The van der Waals surface area contributed by atoms with E-state index in [9.17, 15) is 0 Å². The maximum atomic E-state index is 5.55. The van der Waals surface area contributed by atoms with Crippen LogP contribution in [0.4, 0.5) is 0 Å². The lowest BCUT2D eigenvalue weighted by Gasteiger charge is -2.47. The Bertz CT molecular complexity index is 4590. The van der Waals surface area contributed by atoms with Gasteiger partial charge in [0.2, 0.25) is 0 Å². The molecule has 2 heterocycles. The Morgan fingerprint density at radius 1 is 0.280 bits per heavy atom. The minimum absolute atomic E-state index is 0.0274. The first kappa shape index (κ1) is 47.8. The maximum Gasteiger partial charge on any atom is 0.179 e. The lowest BCUT2D eigenvalue weighted by Crippen LogP contribution is -2.75. The summed E-state index contributed by atoms with van der Waals surface area (Å²) in [5.74, 6) is 0.849. The van der Waals surface area contributed by atoms with E-state index in [4.69, 9.17) is 4.98 Å². The van der Waals surface area contributed by atoms with Crippen molar-refractivity contribution in [3.8, 4) is 61.6 Å². The first-order valence-corrected chi connectivity index (χ1v) is 30.6. The molecule has 0 saturated carbocycles. The summed E-state index contributed by atoms with van der Waals surface area (Å²) in [6, 6.07) is 118. The van der Waals surface area contributed by atoms with Crippen LogP contribution in [0.3, 0.4) is 0 Å². The molecule has 17 rings (SSSR count). The van der Waals surface area contributed by atoms with Gasteiger partial charge in [0.15, 0.2) is 8.07 Å². The van der Waals surface area contributed by atoms with E-state index in [0.717, 1.165) is 33.7 Å². The molecule has 2 bridgehead atoms. The Morgan fingerprint density at radius 3 is 1.33 bits per heavy atom. The maximum absolute atomic E-state index is 5.55. The summed E-state index contributed by atoms with van der Waals surface area (Å²) in [5, 5.41) is 7.94. The van der Waals surface area contributed by atoms with Crippen LogP contribution in [0.2, 0.25) is 0 Å². The van der Waals surface area contributed by atoms with Gasteiger partial charge in [-0.1, -0.05) is 285 Å². The molecular weight excluding hydrogens is 1000 g/mol. The quantitative estimate of drug-likeness (QED) is 0.0986. The molecule has 2 nitrogen and oxygen atoms in total. The van der Waals surface area contributed by atoms with Gasteiger partial charge in [-0.15, -0.1) is 0 Å². The standard InChI is InChI=1S/C79H54N2Si/c1-6-26-53(27-7-1)56-48-57(54-28-8-2-9-29-54)50-61(49-56)82(59-32-12-4-13-33-59,60-34-14-5-15-35-60)74-47-25-44-70-76-67-40-18-19-41-68(67)79(78(70)74)77-66(42-24-43-69(76)77)63-37-17-16-36-62(63)58-51-71(55-30-10-3-11-31-55)80-75(52-58)81-72-45-22-20-38-64(72)65-39-21-23-46-73(65)81/h1-52,76,79H. The molecular formula is C79H54N2Si. The normalized spacial score (nSPS) is 14.1. The molecule has 3 aliphatic rings. The van der Waals surface area contributed by atoms with Gasteiger partial charge in [-0.3, -0.25) is 4.57 Å². The van der Waals surface area contributed by atoms with E-state index in [1.165, 1.54) is 104 Å². The second kappa shape index (κ2) is 19.6. The average Bonchev–Trinajstić information content (AvgIpc) is 2.93. The van der Waals surface area contributed by atoms with Crippen LogP contribution in [0.25, 0.3) is 83.4 Å². The number of nitrogens with zero attached hydrogens (tertiary/aromatic N) is 2. The number of hydrogen-bond acceptors (Lipinski definition) is 1. The smallest absolute Gasteiger partial charge is 0.179 e. The Labute approximate surface area is 479 Å². The second-order valence-corrected chi connectivity index (χ2v) is 25.8. The van der Waals surface area contributed by atoms with Gasteiger partial charge in [0, 0.05) is 28.2 Å². The highest BCUT2D eigenvalue weighted by Crippen LogP contribution is 2.58. The van der Waals surface area contributed by atoms with Crippen molar-refractivity contribution in [2.24, 2.45) is 0 Å². The molecule has 2 unspecified atom stereocenters. The molecule has 0 N–H and O–H groups in total. The number of aromatic nitrogens is 2. The molecule has 0 amide bonds. The van der Waals surface area contributed by atoms with Crippen molar-refractivity contribution in [2.45, 2.75) is 11.8 Å². The first-order chi connectivity index (χ1) is 40.7. The minimum atomic E-state index is -3.27. The van der Waals surface area contributed by atoms with Gasteiger partial charge in [-0.2, -0.15) is 0 Å². The highest BCUT2D eigenvalue weighted by molar-refractivity contribution is 7.20. The Morgan fingerprint density at radius 2 is 0.732 bits per heavy atom. The molecule has 3 aliphatic carbocycles. The lowest BCUT2D eigenvalue weighted by atomic mass is 9.60. The van der Waals surface area contributed by atoms with Crippen LogP contribution >= 0.6 is 0 Å². The monoisotopic (exact) mass is 1060 g/mol. The fraction of sp³-hybridized carbons (Fsp3) is 0.0253. The van der Waals surface area contributed by atoms with E-state index in [1.54, 1.807) is 0 Å². The summed E-state index contributed by atoms with van der Waals surface area (Å²) in [6.07, 6.45) is 0. The molecule has 3 heteroatoms. The van der Waals surface area contributed by atoms with Gasteiger partial charge in [-0.05, 0) is 129 Å². The summed E-state index contributed by atoms with van der Waals surface area (Å²) >= 11 is 0. The summed E-state index contributed by atoms with van der Waals surface area (Å²) in [4.78, 5) is 5.55. The zero-order chi connectivity index (χ0) is 54.1. The van der Waals surface area contributed by atoms with E-state index in [-0.39, 0.29) is 11.8 Å². The molecule has 384 valence electrons. The van der Waals surface area contributed by atoms with Gasteiger partial charge in [0.25, 0.3) is 0 Å². The van der Waals surface area contributed by atoms with Crippen molar-refractivity contribution >= 4 is 50.6 Å². The molecule has 0 aliphatic heterocycles. The molecule has 0 saturated heterocycles. The third-order valence-electron chi connectivity index (χ3n) is 17.7. The number of fused-ring (bicyclic) bond motifs is 3. The zero-order valence-electron chi connectivity index (χ0n) is 45.1. The van der Waals surface area contributed by atoms with Crippen LogP contribution in [-0.2, 0) is 0 Å². The number of rotatable bonds is 10. The molecule has 82 heavy (non-hydrogen) atoms. The highest BCUT2D eigenvalue weighted by Gasteiger charge is 2.50. The zero-order valence-corrected chi connectivity index (χ0v) is 46.1. The summed E-state index contributed by atoms with van der Waals surface area (Å²) in [7, 11) is -3.27. The number of benzene rings is 12. The van der Waals surface area contributed by atoms with E-state index < -0.39 is 8.07 Å². The third kappa shape index (κ3) is 7.51. The van der Waals surface area contributed by atoms with E-state index in [2.05, 4.69) is 320 Å². The molecule has 2 atom stereocenters. The largest absolute Gasteiger partial charge is 0.294 e. The Hall–Kier alpha value is -10.2. The van der Waals surface area contributed by atoms with Crippen molar-refractivity contribution < 1.29 is 0 Å². The average molecular weight is 1060 g/mol. The van der Waals surface area contributed by atoms with Crippen molar-refractivity contribution in [1.82, 2.24) is 9.55 Å². The lowest BCUT2D eigenvalue weighted by molar-refractivity contribution is 0.760. The molecule has 0 fully saturated rings. The molecule has 0 radical (unpaired) electrons. The van der Waals surface area contributed by atoms with Crippen LogP contribution in [-0.4, -0.2) is 17.6 Å². The first-order valence-electron chi connectivity index (χ1n) is 28.6. The molecule has 0 spiro atoms. The summed E-state index contributed by atoms with van der Waals surface area (Å²) < 4.78 is 2.36. The van der Waals surface area contributed by atoms with Crippen LogP contribution in [0.5, 0.6) is 0 Å². The Balaban J connectivity index is 0.965. The molecule has 12 aromatic carbocycles. The predicted molar refractivity (Wildman–Crippen MR) is 344 cm³/mol. The van der Waals surface area contributed by atoms with Gasteiger partial charge >= 0.3 is 0 Å². The van der Waals surface area contributed by atoms with Crippen LogP contribution < -0.4 is 20.7 Å². The van der Waals surface area contributed by atoms with Gasteiger partial charge < -0.3 is 0 Å². The Kier molecular flexibility index (Phi) is 11.4. The molecule has 14 aromatic rings.